The van der Waals surface area contributed by atoms with Crippen molar-refractivity contribution in [3.63, 3.8) is 0 Å². The Bertz CT molecular complexity index is 2600. The van der Waals surface area contributed by atoms with Crippen LogP contribution in [0.5, 0.6) is 5.75 Å². The highest BCUT2D eigenvalue weighted by Gasteiger charge is 2.57. The van der Waals surface area contributed by atoms with Gasteiger partial charge in [0.25, 0.3) is 0 Å². The lowest BCUT2D eigenvalue weighted by Gasteiger charge is -2.33. The first-order chi connectivity index (χ1) is 25.8. The van der Waals surface area contributed by atoms with Crippen molar-refractivity contribution in [3.8, 4) is 5.75 Å². The molecule has 0 N–H and O–H groups in total. The van der Waals surface area contributed by atoms with Gasteiger partial charge in [0.1, 0.15) is 22.7 Å². The van der Waals surface area contributed by atoms with Crippen molar-refractivity contribution in [1.82, 2.24) is 0 Å². The van der Waals surface area contributed by atoms with Gasteiger partial charge in [0.2, 0.25) is 0 Å². The molecule has 52 heavy (non-hydrogen) atoms. The van der Waals surface area contributed by atoms with Crippen molar-refractivity contribution >= 4 is 68.2 Å². The van der Waals surface area contributed by atoms with Gasteiger partial charge < -0.3 is 19.0 Å². The van der Waals surface area contributed by atoms with Crippen LogP contribution < -0.4 is 14.5 Å². The number of allylic oxidation sites excluding steroid dienone is 4. The summed E-state index contributed by atoms with van der Waals surface area (Å²) in [6.45, 7) is 0. The maximum atomic E-state index is 6.46. The van der Waals surface area contributed by atoms with E-state index in [1.165, 1.54) is 32.2 Å². The maximum absolute atomic E-state index is 6.46. The number of rotatable bonds is 4. The molecule has 4 aliphatic heterocycles. The van der Waals surface area contributed by atoms with Crippen LogP contribution in [0, 0.1) is 0 Å². The summed E-state index contributed by atoms with van der Waals surface area (Å²) < 4.78 is 12.9. The Hall–Kier alpha value is -5.30. The summed E-state index contributed by atoms with van der Waals surface area (Å²) in [5.74, 6) is 2.27. The van der Waals surface area contributed by atoms with Crippen molar-refractivity contribution < 1.29 is 9.15 Å². The lowest BCUT2D eigenvalue weighted by Crippen LogP contribution is -2.27. The summed E-state index contributed by atoms with van der Waals surface area (Å²) >= 11 is 4.15. The molecule has 12 rings (SSSR count). The number of furan rings is 1. The van der Waals surface area contributed by atoms with Gasteiger partial charge in [-0.15, -0.1) is 23.5 Å². The Labute approximate surface area is 310 Å². The van der Waals surface area contributed by atoms with Crippen molar-refractivity contribution in [3.05, 3.63) is 174 Å². The zero-order valence-corrected chi connectivity index (χ0v) is 29.7. The highest BCUT2D eigenvalue weighted by atomic mass is 32.2. The molecule has 250 valence electrons. The SMILES string of the molecule is C1=CCC2C(=C1)Oc1cc(N(c3ccc(N4C5c6ccccc6SC5C5Sc6ccccc6C54)cc3)c3ccc4c(c3)oc3ccccc34)ccc12. The first-order valence-corrected chi connectivity index (χ1v) is 19.8. The van der Waals surface area contributed by atoms with Crippen molar-refractivity contribution in [1.29, 1.82) is 0 Å². The molecule has 7 aromatic rings. The van der Waals surface area contributed by atoms with Crippen molar-refractivity contribution in [2.24, 2.45) is 0 Å². The molecule has 0 spiro atoms. The molecule has 1 saturated heterocycles. The molecule has 6 aromatic carbocycles. The Morgan fingerprint density at radius 1 is 0.596 bits per heavy atom. The number of hydrogen-bond donors (Lipinski definition) is 0. The van der Waals surface area contributed by atoms with E-state index in [-0.39, 0.29) is 0 Å². The molecule has 1 fully saturated rings. The van der Waals surface area contributed by atoms with E-state index in [0.29, 0.717) is 28.5 Å². The lowest BCUT2D eigenvalue weighted by atomic mass is 9.92. The van der Waals surface area contributed by atoms with Gasteiger partial charge in [-0.25, -0.2) is 0 Å². The summed E-state index contributed by atoms with van der Waals surface area (Å²) in [6, 6.07) is 49.6. The standard InChI is InChI=1S/C46H32N2O2S2/c1-5-13-37-31(9-1)33-23-21-29(25-39(33)49-37)47(30-22-24-34-32-10-2-6-14-38(32)50-40(34)26-30)27-17-19-28(20-18-27)48-43-35-11-3-7-15-41(35)51-45(43)46-44(48)36-12-4-8-16-42(36)52-46/h1-9,11-26,32,43-46H,10H2. The largest absolute Gasteiger partial charge is 0.461 e. The monoisotopic (exact) mass is 708 g/mol. The van der Waals surface area contributed by atoms with Gasteiger partial charge in [0.05, 0.1) is 12.1 Å². The third-order valence-corrected chi connectivity index (χ3v) is 14.6. The second-order valence-corrected chi connectivity index (χ2v) is 16.7. The Morgan fingerprint density at radius 3 is 2.04 bits per heavy atom. The maximum Gasteiger partial charge on any atom is 0.137 e. The zero-order chi connectivity index (χ0) is 33.9. The van der Waals surface area contributed by atoms with E-state index in [4.69, 9.17) is 9.15 Å². The Kier molecular flexibility index (Phi) is 6.25. The molecule has 0 radical (unpaired) electrons. The third-order valence-electron chi connectivity index (χ3n) is 11.5. The number of anilines is 4. The normalized spacial score (nSPS) is 23.1. The summed E-state index contributed by atoms with van der Waals surface area (Å²) in [6.07, 6.45) is 7.41. The van der Waals surface area contributed by atoms with Crippen LogP contribution >= 0.6 is 23.5 Å². The van der Waals surface area contributed by atoms with Crippen LogP contribution in [-0.4, -0.2) is 10.5 Å². The fourth-order valence-corrected chi connectivity index (χ4v) is 12.5. The van der Waals surface area contributed by atoms with Gasteiger partial charge in [-0.3, -0.25) is 0 Å². The van der Waals surface area contributed by atoms with E-state index >= 15 is 0 Å². The molecular weight excluding hydrogens is 677 g/mol. The molecule has 0 amide bonds. The van der Waals surface area contributed by atoms with E-state index in [1.807, 2.05) is 12.1 Å². The Morgan fingerprint density at radius 2 is 1.25 bits per heavy atom. The van der Waals surface area contributed by atoms with Crippen LogP contribution in [0.1, 0.15) is 41.1 Å². The average Bonchev–Trinajstić information content (AvgIpc) is 3.99. The molecule has 1 aliphatic carbocycles. The summed E-state index contributed by atoms with van der Waals surface area (Å²) in [4.78, 5) is 7.91. The number of hydrogen-bond acceptors (Lipinski definition) is 6. The molecule has 5 atom stereocenters. The molecule has 5 aliphatic rings. The molecule has 0 saturated carbocycles. The van der Waals surface area contributed by atoms with Gasteiger partial charge in [0, 0.05) is 77.4 Å². The van der Waals surface area contributed by atoms with Gasteiger partial charge in [-0.05, 0) is 84.3 Å². The van der Waals surface area contributed by atoms with Gasteiger partial charge in [0.15, 0.2) is 0 Å². The van der Waals surface area contributed by atoms with Crippen LogP contribution in [0.15, 0.2) is 172 Å². The first-order valence-electron chi connectivity index (χ1n) is 18.1. The smallest absolute Gasteiger partial charge is 0.137 e. The van der Waals surface area contributed by atoms with Crippen LogP contribution in [0.25, 0.3) is 21.9 Å². The van der Waals surface area contributed by atoms with E-state index in [2.05, 4.69) is 173 Å². The van der Waals surface area contributed by atoms with Crippen LogP contribution in [0.2, 0.25) is 0 Å². The second-order valence-electron chi connectivity index (χ2n) is 14.3. The predicted octanol–water partition coefficient (Wildman–Crippen LogP) is 12.6. The van der Waals surface area contributed by atoms with Crippen LogP contribution in [0.4, 0.5) is 22.7 Å². The molecule has 0 bridgehead atoms. The predicted molar refractivity (Wildman–Crippen MR) is 214 cm³/mol. The van der Waals surface area contributed by atoms with Gasteiger partial charge >= 0.3 is 0 Å². The second kappa shape index (κ2) is 11.1. The minimum absolute atomic E-state index is 0.291. The summed E-state index contributed by atoms with van der Waals surface area (Å²) in [7, 11) is 0. The molecular formula is C46H32N2O2S2. The van der Waals surface area contributed by atoms with Crippen molar-refractivity contribution in [2.75, 3.05) is 9.80 Å². The number of benzene rings is 6. The van der Waals surface area contributed by atoms with Gasteiger partial charge in [-0.1, -0.05) is 72.8 Å². The number of fused-ring (bicyclic) bond motifs is 13. The highest BCUT2D eigenvalue weighted by Crippen LogP contribution is 2.66. The van der Waals surface area contributed by atoms with E-state index in [1.54, 1.807) is 0 Å². The Balaban J connectivity index is 0.985. The number of para-hydroxylation sites is 1. The summed E-state index contributed by atoms with van der Waals surface area (Å²) in [5.41, 5.74) is 10.4. The van der Waals surface area contributed by atoms with E-state index < -0.39 is 0 Å². The highest BCUT2D eigenvalue weighted by molar-refractivity contribution is 8.04. The number of nitrogens with zero attached hydrogens (tertiary/aromatic N) is 2. The van der Waals surface area contributed by atoms with Crippen LogP contribution in [-0.2, 0) is 0 Å². The quantitative estimate of drug-likeness (QED) is 0.181. The number of thioether (sulfide) groups is 2. The molecule has 6 heteroatoms. The fourth-order valence-electron chi connectivity index (χ4n) is 9.28. The minimum atomic E-state index is 0.291. The lowest BCUT2D eigenvalue weighted by molar-refractivity contribution is 0.425. The van der Waals surface area contributed by atoms with Crippen LogP contribution in [0.3, 0.4) is 0 Å². The topological polar surface area (TPSA) is 28.9 Å². The first kappa shape index (κ1) is 29.3. The molecule has 5 heterocycles. The van der Waals surface area contributed by atoms with E-state index in [9.17, 15) is 0 Å². The fraction of sp³-hybridized carbons (Fsp3) is 0.130. The average molecular weight is 709 g/mol. The number of ether oxygens (including phenoxy) is 1. The molecule has 1 aromatic heterocycles. The minimum Gasteiger partial charge on any atom is -0.461 e. The molecule has 5 unspecified atom stereocenters. The van der Waals surface area contributed by atoms with E-state index in [0.717, 1.165) is 56.9 Å². The zero-order valence-electron chi connectivity index (χ0n) is 28.1. The summed E-state index contributed by atoms with van der Waals surface area (Å²) in [5, 5.41) is 3.24. The van der Waals surface area contributed by atoms with Crippen molar-refractivity contribution in [2.45, 2.75) is 44.7 Å². The van der Waals surface area contributed by atoms with Gasteiger partial charge in [-0.2, -0.15) is 0 Å². The molecule has 4 nitrogen and oxygen atoms in total. The third kappa shape index (κ3) is 4.19.